The number of urea groups is 1. The normalized spacial score (nSPS) is 18.9. The van der Waals surface area contributed by atoms with Crippen LogP contribution in [-0.2, 0) is 4.79 Å². The minimum atomic E-state index is -0.509. The van der Waals surface area contributed by atoms with Crippen molar-refractivity contribution in [2.24, 2.45) is 0 Å². The molecule has 1 aliphatic rings. The van der Waals surface area contributed by atoms with Gasteiger partial charge in [0.1, 0.15) is 5.82 Å². The van der Waals surface area contributed by atoms with Crippen LogP contribution in [0, 0.1) is 5.82 Å². The fourth-order valence-electron chi connectivity index (χ4n) is 2.70. The van der Waals surface area contributed by atoms with Gasteiger partial charge in [-0.2, -0.15) is 0 Å². The van der Waals surface area contributed by atoms with Crippen LogP contribution in [0.3, 0.4) is 0 Å². The molecule has 1 unspecified atom stereocenters. The summed E-state index contributed by atoms with van der Waals surface area (Å²) in [5.74, 6) is -0.674. The first kappa shape index (κ1) is 18.4. The molecule has 7 heteroatoms. The smallest absolute Gasteiger partial charge is 0.321 e. The molecule has 0 saturated carbocycles. The monoisotopic (exact) mass is 336 g/mol. The van der Waals surface area contributed by atoms with Gasteiger partial charge in [-0.1, -0.05) is 12.1 Å². The van der Waals surface area contributed by atoms with Crippen LogP contribution in [0.25, 0.3) is 0 Å². The van der Waals surface area contributed by atoms with E-state index in [1.54, 1.807) is 6.07 Å². The summed E-state index contributed by atoms with van der Waals surface area (Å²) in [6.45, 7) is 7.63. The van der Waals surface area contributed by atoms with Crippen LogP contribution >= 0.6 is 0 Å². The van der Waals surface area contributed by atoms with Crippen molar-refractivity contribution in [3.05, 3.63) is 35.6 Å². The summed E-state index contributed by atoms with van der Waals surface area (Å²) in [6.07, 6.45) is 0. The maximum atomic E-state index is 13.5. The number of rotatable bonds is 3. The summed E-state index contributed by atoms with van der Waals surface area (Å²) in [7, 11) is 0. The molecule has 0 aromatic heterocycles. The molecule has 0 aliphatic carbocycles. The van der Waals surface area contributed by atoms with Crippen LogP contribution < -0.4 is 16.0 Å². The Bertz CT molecular complexity index is 600. The zero-order valence-electron chi connectivity index (χ0n) is 14.4. The molecule has 1 fully saturated rings. The highest BCUT2D eigenvalue weighted by Crippen LogP contribution is 2.22. The van der Waals surface area contributed by atoms with E-state index in [-0.39, 0.29) is 24.3 Å². The van der Waals surface area contributed by atoms with Crippen LogP contribution in [0.2, 0.25) is 0 Å². The van der Waals surface area contributed by atoms with Crippen LogP contribution in [-0.4, -0.2) is 48.6 Å². The predicted octanol–water partition coefficient (Wildman–Crippen LogP) is 1.40. The topological polar surface area (TPSA) is 73.5 Å². The molecule has 1 atom stereocenters. The van der Waals surface area contributed by atoms with E-state index in [0.29, 0.717) is 13.1 Å². The first-order valence-corrected chi connectivity index (χ1v) is 8.07. The van der Waals surface area contributed by atoms with E-state index >= 15 is 0 Å². The average molecular weight is 336 g/mol. The Morgan fingerprint density at radius 1 is 1.38 bits per heavy atom. The maximum absolute atomic E-state index is 13.5. The quantitative estimate of drug-likeness (QED) is 0.780. The SMILES string of the molecule is CC(C)(C)NC(=O)NC(=O)CN1CCNCC1c1cccc(F)c1. The number of piperazine rings is 1. The van der Waals surface area contributed by atoms with E-state index in [1.807, 2.05) is 31.7 Å². The lowest BCUT2D eigenvalue weighted by atomic mass is 10.0. The van der Waals surface area contributed by atoms with Crippen molar-refractivity contribution >= 4 is 11.9 Å². The zero-order chi connectivity index (χ0) is 17.7. The molecule has 1 saturated heterocycles. The highest BCUT2D eigenvalue weighted by Gasteiger charge is 2.26. The fourth-order valence-corrected chi connectivity index (χ4v) is 2.70. The van der Waals surface area contributed by atoms with Crippen molar-refractivity contribution in [2.75, 3.05) is 26.2 Å². The molecule has 2 rings (SSSR count). The molecular weight excluding hydrogens is 311 g/mol. The number of nitrogens with one attached hydrogen (secondary N) is 3. The number of carbonyl (C=O) groups excluding carboxylic acids is 2. The van der Waals surface area contributed by atoms with Gasteiger partial charge in [-0.05, 0) is 38.5 Å². The highest BCUT2D eigenvalue weighted by molar-refractivity contribution is 5.95. The largest absolute Gasteiger partial charge is 0.333 e. The lowest BCUT2D eigenvalue weighted by Crippen LogP contribution is -2.53. The van der Waals surface area contributed by atoms with Gasteiger partial charge in [0.05, 0.1) is 6.54 Å². The molecule has 1 aromatic carbocycles. The molecule has 132 valence electrons. The molecule has 0 bridgehead atoms. The van der Waals surface area contributed by atoms with Gasteiger partial charge in [0, 0.05) is 31.2 Å². The Balaban J connectivity index is 1.98. The summed E-state index contributed by atoms with van der Waals surface area (Å²) in [4.78, 5) is 25.9. The zero-order valence-corrected chi connectivity index (χ0v) is 14.4. The summed E-state index contributed by atoms with van der Waals surface area (Å²) >= 11 is 0. The molecule has 6 nitrogen and oxygen atoms in total. The Morgan fingerprint density at radius 3 is 2.79 bits per heavy atom. The number of amides is 3. The standard InChI is InChI=1S/C17H25FN4O2/c1-17(2,3)21-16(24)20-15(23)11-22-8-7-19-10-14(22)12-5-4-6-13(18)9-12/h4-6,9,14,19H,7-8,10-11H2,1-3H3,(H2,20,21,23,24). The van der Waals surface area contributed by atoms with E-state index in [2.05, 4.69) is 16.0 Å². The van der Waals surface area contributed by atoms with Gasteiger partial charge in [-0.15, -0.1) is 0 Å². The average Bonchev–Trinajstić information content (AvgIpc) is 2.45. The maximum Gasteiger partial charge on any atom is 0.321 e. The minimum absolute atomic E-state index is 0.0838. The third kappa shape index (κ3) is 5.58. The van der Waals surface area contributed by atoms with Gasteiger partial charge < -0.3 is 10.6 Å². The number of halogens is 1. The number of benzene rings is 1. The fraction of sp³-hybridized carbons (Fsp3) is 0.529. The molecule has 0 radical (unpaired) electrons. The van der Waals surface area contributed by atoms with Crippen molar-refractivity contribution in [1.82, 2.24) is 20.9 Å². The van der Waals surface area contributed by atoms with E-state index in [4.69, 9.17) is 0 Å². The molecular formula is C17H25FN4O2. The summed E-state index contributed by atoms with van der Waals surface area (Å²) in [5.41, 5.74) is 0.401. The highest BCUT2D eigenvalue weighted by atomic mass is 19.1. The number of imide groups is 1. The van der Waals surface area contributed by atoms with Crippen LogP contribution in [0.1, 0.15) is 32.4 Å². The molecule has 24 heavy (non-hydrogen) atoms. The van der Waals surface area contributed by atoms with Gasteiger partial charge in [-0.25, -0.2) is 9.18 Å². The summed E-state index contributed by atoms with van der Waals surface area (Å²) < 4.78 is 13.5. The van der Waals surface area contributed by atoms with Crippen molar-refractivity contribution in [3.63, 3.8) is 0 Å². The van der Waals surface area contributed by atoms with Crippen molar-refractivity contribution in [2.45, 2.75) is 32.4 Å². The predicted molar refractivity (Wildman–Crippen MR) is 90.0 cm³/mol. The molecule has 3 N–H and O–H groups in total. The second-order valence-corrected chi connectivity index (χ2v) is 7.00. The number of carbonyl (C=O) groups is 2. The van der Waals surface area contributed by atoms with E-state index in [9.17, 15) is 14.0 Å². The number of hydrogen-bond acceptors (Lipinski definition) is 4. The second kappa shape index (κ2) is 7.72. The Kier molecular flexibility index (Phi) is 5.90. The molecule has 3 amide bonds. The van der Waals surface area contributed by atoms with Crippen LogP contribution in [0.15, 0.2) is 24.3 Å². The third-order valence-electron chi connectivity index (χ3n) is 3.68. The van der Waals surface area contributed by atoms with E-state index in [0.717, 1.165) is 12.1 Å². The van der Waals surface area contributed by atoms with Gasteiger partial charge in [-0.3, -0.25) is 15.0 Å². The lowest BCUT2D eigenvalue weighted by Gasteiger charge is -2.36. The number of nitrogens with zero attached hydrogens (tertiary/aromatic N) is 1. The Hall–Kier alpha value is -1.99. The molecule has 1 aliphatic heterocycles. The number of hydrogen-bond donors (Lipinski definition) is 3. The van der Waals surface area contributed by atoms with E-state index in [1.165, 1.54) is 12.1 Å². The summed E-state index contributed by atoms with van der Waals surface area (Å²) in [6, 6.07) is 5.77. The van der Waals surface area contributed by atoms with Gasteiger partial charge in [0.15, 0.2) is 0 Å². The van der Waals surface area contributed by atoms with Gasteiger partial charge in [0.25, 0.3) is 0 Å². The molecule has 0 spiro atoms. The van der Waals surface area contributed by atoms with Gasteiger partial charge >= 0.3 is 6.03 Å². The molecule has 1 aromatic rings. The lowest BCUT2D eigenvalue weighted by molar-refractivity contribution is -0.122. The first-order valence-electron chi connectivity index (χ1n) is 8.07. The van der Waals surface area contributed by atoms with Crippen LogP contribution in [0.4, 0.5) is 9.18 Å². The minimum Gasteiger partial charge on any atom is -0.333 e. The molecule has 1 heterocycles. The van der Waals surface area contributed by atoms with Crippen molar-refractivity contribution < 1.29 is 14.0 Å². The van der Waals surface area contributed by atoms with Crippen LogP contribution in [0.5, 0.6) is 0 Å². The first-order chi connectivity index (χ1) is 11.2. The van der Waals surface area contributed by atoms with Gasteiger partial charge in [0.2, 0.25) is 5.91 Å². The van der Waals surface area contributed by atoms with Crippen molar-refractivity contribution in [1.29, 1.82) is 0 Å². The van der Waals surface area contributed by atoms with E-state index < -0.39 is 11.6 Å². The Labute approximate surface area is 141 Å². The third-order valence-corrected chi connectivity index (χ3v) is 3.68. The Morgan fingerprint density at radius 2 is 2.12 bits per heavy atom. The second-order valence-electron chi connectivity index (χ2n) is 7.00. The van der Waals surface area contributed by atoms with Crippen molar-refractivity contribution in [3.8, 4) is 0 Å². The summed E-state index contributed by atoms with van der Waals surface area (Å²) in [5, 5.41) is 8.28.